The van der Waals surface area contributed by atoms with Crippen molar-refractivity contribution >= 4 is 5.96 Å². The molecule has 4 N–H and O–H groups in total. The van der Waals surface area contributed by atoms with E-state index >= 15 is 0 Å². The Balaban J connectivity index is 2.25. The summed E-state index contributed by atoms with van der Waals surface area (Å²) in [5.41, 5.74) is 2.57. The molecule has 1 aliphatic heterocycles. The maximum absolute atomic E-state index is 5.35. The molecule has 0 aromatic rings. The minimum atomic E-state index is 0.353. The van der Waals surface area contributed by atoms with Crippen LogP contribution in [0.4, 0.5) is 0 Å². The number of nitrogens with two attached hydrogens (primary N) is 1. The van der Waals surface area contributed by atoms with Crippen molar-refractivity contribution in [3.63, 3.8) is 0 Å². The first kappa shape index (κ1) is 11.3. The first-order valence-electron chi connectivity index (χ1n) is 5.22. The lowest BCUT2D eigenvalue weighted by Crippen LogP contribution is -2.46. The van der Waals surface area contributed by atoms with E-state index in [1.165, 1.54) is 0 Å². The zero-order valence-corrected chi connectivity index (χ0v) is 8.75. The molecule has 1 saturated heterocycles. The molecule has 14 heavy (non-hydrogen) atoms. The zero-order valence-electron chi connectivity index (χ0n) is 8.75. The Hall–Kier alpha value is -0.810. The molecule has 0 aliphatic carbocycles. The molecule has 1 rings (SSSR count). The van der Waals surface area contributed by atoms with E-state index in [1.807, 2.05) is 0 Å². The van der Waals surface area contributed by atoms with Gasteiger partial charge in [0.25, 0.3) is 0 Å². The fourth-order valence-corrected chi connectivity index (χ4v) is 1.32. The van der Waals surface area contributed by atoms with E-state index in [1.54, 1.807) is 0 Å². The molecule has 1 aliphatic rings. The number of hydrazine groups is 1. The number of hydrogen-bond acceptors (Lipinski definition) is 3. The molecule has 1 fully saturated rings. The molecule has 0 bridgehead atoms. The monoisotopic (exact) mass is 200 g/mol. The predicted octanol–water partition coefficient (Wildman–Crippen LogP) is -0.0157. The van der Waals surface area contributed by atoms with E-state index in [2.05, 4.69) is 22.7 Å². The molecule has 0 saturated carbocycles. The molecule has 0 amide bonds. The Morgan fingerprint density at radius 1 is 1.64 bits per heavy atom. The molecule has 0 aromatic heterocycles. The van der Waals surface area contributed by atoms with Crippen molar-refractivity contribution in [1.29, 1.82) is 0 Å². The Morgan fingerprint density at radius 3 is 3.07 bits per heavy atom. The van der Waals surface area contributed by atoms with Gasteiger partial charge in [0.05, 0.1) is 12.6 Å². The lowest BCUT2D eigenvalue weighted by atomic mass is 10.3. The quantitative estimate of drug-likeness (QED) is 0.196. The van der Waals surface area contributed by atoms with E-state index < -0.39 is 0 Å². The van der Waals surface area contributed by atoms with Gasteiger partial charge in [0, 0.05) is 13.2 Å². The molecule has 1 heterocycles. The van der Waals surface area contributed by atoms with E-state index in [4.69, 9.17) is 10.6 Å². The number of rotatable bonds is 4. The van der Waals surface area contributed by atoms with Gasteiger partial charge in [-0.25, -0.2) is 5.84 Å². The zero-order chi connectivity index (χ0) is 10.2. The topological polar surface area (TPSA) is 71.7 Å². The van der Waals surface area contributed by atoms with Crippen molar-refractivity contribution < 1.29 is 4.74 Å². The third kappa shape index (κ3) is 3.93. The van der Waals surface area contributed by atoms with Crippen molar-refractivity contribution in [2.24, 2.45) is 10.8 Å². The number of nitrogens with one attached hydrogen (secondary N) is 2. The van der Waals surface area contributed by atoms with Gasteiger partial charge >= 0.3 is 0 Å². The third-order valence-electron chi connectivity index (χ3n) is 2.19. The van der Waals surface area contributed by atoms with Gasteiger partial charge in [-0.15, -0.1) is 0 Å². The summed E-state index contributed by atoms with van der Waals surface area (Å²) < 4.78 is 5.24. The summed E-state index contributed by atoms with van der Waals surface area (Å²) in [7, 11) is 0. The fraction of sp³-hybridized carbons (Fsp3) is 0.889. The van der Waals surface area contributed by atoms with Crippen LogP contribution in [0.15, 0.2) is 4.99 Å². The SMILES string of the molecule is CCCCN=C(NN)NC1CCOC1. The summed E-state index contributed by atoms with van der Waals surface area (Å²) in [6, 6.07) is 0.353. The Bertz CT molecular complexity index is 178. The second-order valence-electron chi connectivity index (χ2n) is 3.43. The van der Waals surface area contributed by atoms with E-state index in [-0.39, 0.29) is 0 Å². The Kier molecular flexibility index (Phi) is 5.32. The van der Waals surface area contributed by atoms with Crippen LogP contribution in [-0.4, -0.2) is 31.8 Å². The predicted molar refractivity (Wildman–Crippen MR) is 56.9 cm³/mol. The first-order valence-corrected chi connectivity index (χ1v) is 5.22. The van der Waals surface area contributed by atoms with Gasteiger partial charge in [-0.05, 0) is 12.8 Å². The molecule has 0 aromatic carbocycles. The van der Waals surface area contributed by atoms with E-state index in [9.17, 15) is 0 Å². The molecular formula is C9H20N4O. The highest BCUT2D eigenvalue weighted by atomic mass is 16.5. The van der Waals surface area contributed by atoms with Gasteiger partial charge in [-0.3, -0.25) is 10.4 Å². The van der Waals surface area contributed by atoms with Crippen LogP contribution in [0.3, 0.4) is 0 Å². The minimum absolute atomic E-state index is 0.353. The van der Waals surface area contributed by atoms with Gasteiger partial charge in [0.2, 0.25) is 5.96 Å². The molecule has 5 heteroatoms. The number of aliphatic imine (C=N–C) groups is 1. The average molecular weight is 200 g/mol. The Labute approximate surface area is 85.1 Å². The molecular weight excluding hydrogens is 180 g/mol. The average Bonchev–Trinajstić information content (AvgIpc) is 2.69. The lowest BCUT2D eigenvalue weighted by Gasteiger charge is -2.13. The molecule has 1 atom stereocenters. The van der Waals surface area contributed by atoms with Crippen LogP contribution in [-0.2, 0) is 4.74 Å². The van der Waals surface area contributed by atoms with E-state index in [0.29, 0.717) is 12.0 Å². The standard InChI is InChI=1S/C9H20N4O/c1-2-3-5-11-9(13-10)12-8-4-6-14-7-8/h8H,2-7,10H2,1H3,(H2,11,12,13). The van der Waals surface area contributed by atoms with Crippen LogP contribution in [0.1, 0.15) is 26.2 Å². The summed E-state index contributed by atoms with van der Waals surface area (Å²) in [6.07, 6.45) is 3.26. The highest BCUT2D eigenvalue weighted by Gasteiger charge is 2.15. The van der Waals surface area contributed by atoms with Gasteiger partial charge in [0.1, 0.15) is 0 Å². The lowest BCUT2D eigenvalue weighted by molar-refractivity contribution is 0.192. The van der Waals surface area contributed by atoms with Crippen LogP contribution in [0, 0.1) is 0 Å². The number of nitrogens with zero attached hydrogens (tertiary/aromatic N) is 1. The van der Waals surface area contributed by atoms with Gasteiger partial charge in [0.15, 0.2) is 0 Å². The summed E-state index contributed by atoms with van der Waals surface area (Å²) >= 11 is 0. The summed E-state index contributed by atoms with van der Waals surface area (Å²) in [5.74, 6) is 6.02. The maximum Gasteiger partial charge on any atom is 0.206 e. The fourth-order valence-electron chi connectivity index (χ4n) is 1.32. The van der Waals surface area contributed by atoms with Gasteiger partial charge in [-0.1, -0.05) is 13.3 Å². The van der Waals surface area contributed by atoms with Crippen LogP contribution in [0.25, 0.3) is 0 Å². The van der Waals surface area contributed by atoms with Gasteiger partial charge < -0.3 is 10.1 Å². The van der Waals surface area contributed by atoms with Crippen LogP contribution < -0.4 is 16.6 Å². The number of unbranched alkanes of at least 4 members (excludes halogenated alkanes) is 1. The van der Waals surface area contributed by atoms with Crippen LogP contribution in [0.5, 0.6) is 0 Å². The second kappa shape index (κ2) is 6.62. The van der Waals surface area contributed by atoms with Crippen LogP contribution >= 0.6 is 0 Å². The number of hydrogen-bond donors (Lipinski definition) is 3. The summed E-state index contributed by atoms with van der Waals surface area (Å²) in [4.78, 5) is 4.31. The van der Waals surface area contributed by atoms with E-state index in [0.717, 1.165) is 39.0 Å². The normalized spacial score (nSPS) is 22.4. The Morgan fingerprint density at radius 2 is 2.50 bits per heavy atom. The van der Waals surface area contributed by atoms with Crippen molar-refractivity contribution in [1.82, 2.24) is 10.7 Å². The van der Waals surface area contributed by atoms with Gasteiger partial charge in [-0.2, -0.15) is 0 Å². The largest absolute Gasteiger partial charge is 0.379 e. The molecule has 82 valence electrons. The maximum atomic E-state index is 5.35. The number of guanidine groups is 1. The third-order valence-corrected chi connectivity index (χ3v) is 2.19. The first-order chi connectivity index (χ1) is 6.86. The van der Waals surface area contributed by atoms with Crippen molar-refractivity contribution in [2.75, 3.05) is 19.8 Å². The van der Waals surface area contributed by atoms with Crippen molar-refractivity contribution in [3.05, 3.63) is 0 Å². The van der Waals surface area contributed by atoms with Crippen molar-refractivity contribution in [3.8, 4) is 0 Å². The smallest absolute Gasteiger partial charge is 0.206 e. The molecule has 0 spiro atoms. The highest BCUT2D eigenvalue weighted by molar-refractivity contribution is 5.79. The summed E-state index contributed by atoms with van der Waals surface area (Å²) in [6.45, 7) is 4.53. The van der Waals surface area contributed by atoms with Crippen LogP contribution in [0.2, 0.25) is 0 Å². The minimum Gasteiger partial charge on any atom is -0.379 e. The highest BCUT2D eigenvalue weighted by Crippen LogP contribution is 2.02. The second-order valence-corrected chi connectivity index (χ2v) is 3.43. The van der Waals surface area contributed by atoms with Crippen molar-refractivity contribution in [2.45, 2.75) is 32.2 Å². The molecule has 1 unspecified atom stereocenters. The number of ether oxygens (including phenoxy) is 1. The summed E-state index contributed by atoms with van der Waals surface area (Å²) in [5, 5.41) is 3.21. The molecule has 0 radical (unpaired) electrons. The molecule has 5 nitrogen and oxygen atoms in total.